The van der Waals surface area contributed by atoms with Crippen LogP contribution in [-0.4, -0.2) is 0 Å². The van der Waals surface area contributed by atoms with E-state index < -0.39 is 0 Å². The Morgan fingerprint density at radius 2 is 1.54 bits per heavy atom. The van der Waals surface area contributed by atoms with Crippen molar-refractivity contribution in [2.75, 3.05) is 0 Å². The van der Waals surface area contributed by atoms with Crippen molar-refractivity contribution in [3.8, 4) is 0 Å². The zero-order chi connectivity index (χ0) is 9.36. The third-order valence-electron chi connectivity index (χ3n) is 2.95. The van der Waals surface area contributed by atoms with Gasteiger partial charge in [-0.05, 0) is 32.1 Å². The molecule has 0 heterocycles. The molecule has 0 unspecified atom stereocenters. The summed E-state index contributed by atoms with van der Waals surface area (Å²) in [5.74, 6) is 0. The molecule has 0 saturated carbocycles. The minimum Gasteiger partial charge on any atom is -0.0850 e. The highest BCUT2D eigenvalue weighted by molar-refractivity contribution is 5.11. The van der Waals surface area contributed by atoms with Crippen molar-refractivity contribution in [2.45, 2.75) is 64.7 Å². The van der Waals surface area contributed by atoms with Gasteiger partial charge in [-0.1, -0.05) is 50.7 Å². The Kier molecular flexibility index (Phi) is 5.97. The molecule has 0 saturated heterocycles. The molecule has 1 aliphatic carbocycles. The van der Waals surface area contributed by atoms with Gasteiger partial charge in [0.15, 0.2) is 0 Å². The van der Waals surface area contributed by atoms with Crippen molar-refractivity contribution in [2.24, 2.45) is 0 Å². The normalized spacial score (nSPS) is 25.8. The van der Waals surface area contributed by atoms with E-state index in [1.165, 1.54) is 57.8 Å². The SMILES string of the molecule is C[CH]/C1=C/CCCCCCCCC1. The van der Waals surface area contributed by atoms with Crippen LogP contribution in [0.15, 0.2) is 11.6 Å². The largest absolute Gasteiger partial charge is 0.0850 e. The van der Waals surface area contributed by atoms with E-state index in [0.29, 0.717) is 0 Å². The molecule has 0 aliphatic heterocycles. The van der Waals surface area contributed by atoms with Gasteiger partial charge in [-0.2, -0.15) is 0 Å². The smallest absolute Gasteiger partial charge is 0.0169 e. The van der Waals surface area contributed by atoms with Gasteiger partial charge >= 0.3 is 0 Å². The molecular weight excluding hydrogens is 156 g/mol. The Morgan fingerprint density at radius 1 is 0.923 bits per heavy atom. The summed E-state index contributed by atoms with van der Waals surface area (Å²) in [7, 11) is 0. The Bertz CT molecular complexity index is 144. The predicted molar refractivity (Wildman–Crippen MR) is 59.6 cm³/mol. The van der Waals surface area contributed by atoms with Gasteiger partial charge in [0, 0.05) is 0 Å². The quantitative estimate of drug-likeness (QED) is 0.549. The van der Waals surface area contributed by atoms with E-state index in [1.54, 1.807) is 5.57 Å². The van der Waals surface area contributed by atoms with Gasteiger partial charge in [0.25, 0.3) is 0 Å². The molecule has 0 heteroatoms. The maximum Gasteiger partial charge on any atom is -0.0169 e. The standard InChI is InChI=1S/C13H23/c1-2-13-11-9-7-5-3-4-6-8-10-12-13/h2,11H,3-10,12H2,1H3/b13-11-. The molecule has 0 spiro atoms. The molecule has 0 nitrogen and oxygen atoms in total. The molecule has 0 fully saturated rings. The maximum absolute atomic E-state index is 2.45. The van der Waals surface area contributed by atoms with Crippen LogP contribution in [0.3, 0.4) is 0 Å². The van der Waals surface area contributed by atoms with Crippen LogP contribution in [0.25, 0.3) is 0 Å². The summed E-state index contributed by atoms with van der Waals surface area (Å²) in [6.07, 6.45) is 17.4. The summed E-state index contributed by atoms with van der Waals surface area (Å²) in [4.78, 5) is 0. The molecule has 0 aromatic carbocycles. The fourth-order valence-corrected chi connectivity index (χ4v) is 2.01. The zero-order valence-corrected chi connectivity index (χ0v) is 9.02. The van der Waals surface area contributed by atoms with Crippen LogP contribution in [0, 0.1) is 6.42 Å². The molecule has 0 N–H and O–H groups in total. The lowest BCUT2D eigenvalue weighted by Crippen LogP contribution is -1.83. The summed E-state index contributed by atoms with van der Waals surface area (Å²) in [5.41, 5.74) is 1.59. The topological polar surface area (TPSA) is 0 Å². The number of allylic oxidation sites excluding steroid dienone is 2. The van der Waals surface area contributed by atoms with Crippen molar-refractivity contribution in [3.05, 3.63) is 18.1 Å². The van der Waals surface area contributed by atoms with Crippen molar-refractivity contribution < 1.29 is 0 Å². The molecule has 1 rings (SSSR count). The van der Waals surface area contributed by atoms with Gasteiger partial charge in [0.2, 0.25) is 0 Å². The summed E-state index contributed by atoms with van der Waals surface area (Å²) < 4.78 is 0. The van der Waals surface area contributed by atoms with Gasteiger partial charge < -0.3 is 0 Å². The summed E-state index contributed by atoms with van der Waals surface area (Å²) in [5, 5.41) is 0. The summed E-state index contributed by atoms with van der Waals surface area (Å²) in [6, 6.07) is 0. The van der Waals surface area contributed by atoms with Crippen molar-refractivity contribution in [1.29, 1.82) is 0 Å². The van der Waals surface area contributed by atoms with E-state index in [9.17, 15) is 0 Å². The first-order valence-corrected chi connectivity index (χ1v) is 5.92. The molecule has 1 aliphatic rings. The van der Waals surface area contributed by atoms with Crippen LogP contribution < -0.4 is 0 Å². The van der Waals surface area contributed by atoms with E-state index in [2.05, 4.69) is 19.4 Å². The fraction of sp³-hybridized carbons (Fsp3) is 0.769. The number of rotatable bonds is 1. The van der Waals surface area contributed by atoms with Crippen LogP contribution in [0.4, 0.5) is 0 Å². The third-order valence-corrected chi connectivity index (χ3v) is 2.95. The molecule has 0 aromatic rings. The molecule has 0 bridgehead atoms. The van der Waals surface area contributed by atoms with Crippen LogP contribution in [0.1, 0.15) is 64.7 Å². The van der Waals surface area contributed by atoms with Gasteiger partial charge in [-0.15, -0.1) is 0 Å². The van der Waals surface area contributed by atoms with Crippen LogP contribution in [0.5, 0.6) is 0 Å². The average Bonchev–Trinajstić information content (AvgIpc) is 2.22. The maximum atomic E-state index is 2.45. The van der Waals surface area contributed by atoms with E-state index in [1.807, 2.05) is 0 Å². The molecular formula is C13H23. The molecule has 75 valence electrons. The number of hydrogen-bond donors (Lipinski definition) is 0. The van der Waals surface area contributed by atoms with E-state index in [-0.39, 0.29) is 0 Å². The van der Waals surface area contributed by atoms with Crippen LogP contribution >= 0.6 is 0 Å². The highest BCUT2D eigenvalue weighted by Crippen LogP contribution is 2.17. The second kappa shape index (κ2) is 7.17. The predicted octanol–water partition coefficient (Wildman–Crippen LogP) is 4.66. The lowest BCUT2D eigenvalue weighted by molar-refractivity contribution is 0.588. The molecule has 13 heavy (non-hydrogen) atoms. The Labute approximate surface area is 83.4 Å². The second-order valence-corrected chi connectivity index (χ2v) is 4.08. The van der Waals surface area contributed by atoms with Gasteiger partial charge in [0.1, 0.15) is 0 Å². The lowest BCUT2D eigenvalue weighted by atomic mass is 10.0. The zero-order valence-electron chi connectivity index (χ0n) is 9.02. The van der Waals surface area contributed by atoms with Crippen LogP contribution in [-0.2, 0) is 0 Å². The summed E-state index contributed by atoms with van der Waals surface area (Å²) in [6.45, 7) is 2.17. The van der Waals surface area contributed by atoms with E-state index in [4.69, 9.17) is 0 Å². The highest BCUT2D eigenvalue weighted by Gasteiger charge is 1.98. The van der Waals surface area contributed by atoms with E-state index in [0.717, 1.165) is 0 Å². The molecule has 0 amide bonds. The molecule has 0 aromatic heterocycles. The third kappa shape index (κ3) is 5.13. The number of hydrogen-bond acceptors (Lipinski definition) is 0. The van der Waals surface area contributed by atoms with Gasteiger partial charge in [-0.3, -0.25) is 0 Å². The highest BCUT2D eigenvalue weighted by atomic mass is 14.0. The van der Waals surface area contributed by atoms with Gasteiger partial charge in [-0.25, -0.2) is 0 Å². The van der Waals surface area contributed by atoms with Crippen molar-refractivity contribution >= 4 is 0 Å². The average molecular weight is 179 g/mol. The summed E-state index contributed by atoms with van der Waals surface area (Å²) >= 11 is 0. The van der Waals surface area contributed by atoms with Gasteiger partial charge in [0.05, 0.1) is 0 Å². The Morgan fingerprint density at radius 3 is 2.23 bits per heavy atom. The fourth-order valence-electron chi connectivity index (χ4n) is 2.01. The minimum atomic E-state index is 1.31. The lowest BCUT2D eigenvalue weighted by Gasteiger charge is -2.03. The van der Waals surface area contributed by atoms with Crippen molar-refractivity contribution in [3.63, 3.8) is 0 Å². The van der Waals surface area contributed by atoms with Crippen molar-refractivity contribution in [1.82, 2.24) is 0 Å². The minimum absolute atomic E-state index is 1.31. The van der Waals surface area contributed by atoms with E-state index >= 15 is 0 Å². The molecule has 0 atom stereocenters. The first-order chi connectivity index (χ1) is 6.43. The Balaban J connectivity index is 2.31. The monoisotopic (exact) mass is 179 g/mol. The van der Waals surface area contributed by atoms with Crippen LogP contribution in [0.2, 0.25) is 0 Å². The first-order valence-electron chi connectivity index (χ1n) is 5.92. The Hall–Kier alpha value is -0.260. The second-order valence-electron chi connectivity index (χ2n) is 4.08. The first kappa shape index (κ1) is 10.8. The molecule has 1 radical (unpaired) electrons.